The van der Waals surface area contributed by atoms with Gasteiger partial charge < -0.3 is 4.90 Å². The van der Waals surface area contributed by atoms with E-state index in [1.165, 1.54) is 6.07 Å². The van der Waals surface area contributed by atoms with E-state index in [0.717, 1.165) is 22.9 Å². The maximum atomic E-state index is 12.7. The van der Waals surface area contributed by atoms with Crippen molar-refractivity contribution in [1.82, 2.24) is 4.90 Å². The van der Waals surface area contributed by atoms with Crippen LogP contribution in [0.25, 0.3) is 0 Å². The summed E-state index contributed by atoms with van der Waals surface area (Å²) in [6.45, 7) is 0.695. The Morgan fingerprint density at radius 3 is 2.62 bits per heavy atom. The molecule has 6 heteroatoms. The molecule has 0 spiro atoms. The molecule has 0 aliphatic carbocycles. The SMILES string of the molecule is O=C(Cc1ccccc1[N+](=O)[O-])N1CCC[C@H]1c1ccc(Br)cc1. The molecule has 2 aromatic carbocycles. The fourth-order valence-electron chi connectivity index (χ4n) is 3.20. The third kappa shape index (κ3) is 3.48. The molecule has 1 aliphatic heterocycles. The van der Waals surface area contributed by atoms with E-state index < -0.39 is 4.92 Å². The van der Waals surface area contributed by atoms with E-state index in [0.29, 0.717) is 12.1 Å². The lowest BCUT2D eigenvalue weighted by molar-refractivity contribution is -0.385. The van der Waals surface area contributed by atoms with Gasteiger partial charge in [0.05, 0.1) is 17.4 Å². The second-order valence-electron chi connectivity index (χ2n) is 5.86. The summed E-state index contributed by atoms with van der Waals surface area (Å²) >= 11 is 3.42. The van der Waals surface area contributed by atoms with Crippen LogP contribution in [-0.2, 0) is 11.2 Å². The number of carbonyl (C=O) groups is 1. The number of amides is 1. The maximum absolute atomic E-state index is 12.7. The van der Waals surface area contributed by atoms with Gasteiger partial charge in [0.15, 0.2) is 0 Å². The van der Waals surface area contributed by atoms with E-state index in [4.69, 9.17) is 0 Å². The summed E-state index contributed by atoms with van der Waals surface area (Å²) in [4.78, 5) is 25.3. The van der Waals surface area contributed by atoms with E-state index in [2.05, 4.69) is 15.9 Å². The fourth-order valence-corrected chi connectivity index (χ4v) is 3.46. The first kappa shape index (κ1) is 16.6. The van der Waals surface area contributed by atoms with Gasteiger partial charge in [-0.3, -0.25) is 14.9 Å². The van der Waals surface area contributed by atoms with E-state index >= 15 is 0 Å². The molecule has 0 unspecified atom stereocenters. The van der Waals surface area contributed by atoms with E-state index in [9.17, 15) is 14.9 Å². The normalized spacial score (nSPS) is 17.0. The molecule has 0 saturated carbocycles. The minimum absolute atomic E-state index is 0.00485. The predicted octanol–water partition coefficient (Wildman–Crippen LogP) is 4.26. The number of nitro benzene ring substituents is 1. The highest BCUT2D eigenvalue weighted by molar-refractivity contribution is 9.10. The topological polar surface area (TPSA) is 63.4 Å². The van der Waals surface area contributed by atoms with Gasteiger partial charge in [0, 0.05) is 22.6 Å². The van der Waals surface area contributed by atoms with E-state index in [1.807, 2.05) is 29.2 Å². The zero-order valence-corrected chi connectivity index (χ0v) is 14.6. The monoisotopic (exact) mass is 388 g/mol. The number of nitrogens with zero attached hydrogens (tertiary/aromatic N) is 2. The van der Waals surface area contributed by atoms with Crippen LogP contribution in [0.5, 0.6) is 0 Å². The number of hydrogen-bond donors (Lipinski definition) is 0. The van der Waals surface area contributed by atoms with Gasteiger partial charge in [-0.1, -0.05) is 46.3 Å². The Bertz CT molecular complexity index is 761. The lowest BCUT2D eigenvalue weighted by Gasteiger charge is -2.25. The van der Waals surface area contributed by atoms with Crippen LogP contribution in [0.3, 0.4) is 0 Å². The molecule has 1 atom stereocenters. The summed E-state index contributed by atoms with van der Waals surface area (Å²) in [6.07, 6.45) is 1.93. The van der Waals surface area contributed by atoms with Crippen molar-refractivity contribution in [2.45, 2.75) is 25.3 Å². The van der Waals surface area contributed by atoms with Crippen molar-refractivity contribution in [1.29, 1.82) is 0 Å². The van der Waals surface area contributed by atoms with Crippen molar-refractivity contribution in [3.05, 3.63) is 74.2 Å². The Balaban J connectivity index is 1.79. The van der Waals surface area contributed by atoms with Crippen molar-refractivity contribution >= 4 is 27.5 Å². The smallest absolute Gasteiger partial charge is 0.273 e. The maximum Gasteiger partial charge on any atom is 0.273 e. The number of benzene rings is 2. The van der Waals surface area contributed by atoms with Crippen molar-refractivity contribution in [2.24, 2.45) is 0 Å². The van der Waals surface area contributed by atoms with Gasteiger partial charge in [-0.05, 0) is 30.5 Å². The number of carbonyl (C=O) groups excluding carboxylic acids is 1. The Morgan fingerprint density at radius 2 is 1.92 bits per heavy atom. The number of rotatable bonds is 4. The van der Waals surface area contributed by atoms with Crippen LogP contribution in [0.1, 0.15) is 30.0 Å². The summed E-state index contributed by atoms with van der Waals surface area (Å²) in [7, 11) is 0. The average molecular weight is 389 g/mol. The molecule has 24 heavy (non-hydrogen) atoms. The highest BCUT2D eigenvalue weighted by Crippen LogP contribution is 2.33. The molecule has 1 fully saturated rings. The van der Waals surface area contributed by atoms with Crippen LogP contribution in [0.4, 0.5) is 5.69 Å². The first-order valence-corrected chi connectivity index (χ1v) is 8.63. The van der Waals surface area contributed by atoms with Crippen LogP contribution in [0, 0.1) is 10.1 Å². The lowest BCUT2D eigenvalue weighted by Crippen LogP contribution is -2.32. The standard InChI is InChI=1S/C18H17BrN2O3/c19-15-9-7-13(8-10-15)16-6-3-11-20(16)18(22)12-14-4-1-2-5-17(14)21(23)24/h1-2,4-5,7-10,16H,3,6,11-12H2/t16-/m0/s1. The summed E-state index contributed by atoms with van der Waals surface area (Å²) in [6, 6.07) is 14.5. The molecule has 124 valence electrons. The van der Waals surface area contributed by atoms with Gasteiger partial charge in [0.2, 0.25) is 5.91 Å². The number of hydrogen-bond acceptors (Lipinski definition) is 3. The summed E-state index contributed by atoms with van der Waals surface area (Å²) in [5.41, 5.74) is 1.57. The zero-order chi connectivity index (χ0) is 17.1. The summed E-state index contributed by atoms with van der Waals surface area (Å²) < 4.78 is 1.00. The first-order valence-electron chi connectivity index (χ1n) is 7.83. The average Bonchev–Trinajstić information content (AvgIpc) is 3.05. The van der Waals surface area contributed by atoms with Gasteiger partial charge >= 0.3 is 0 Å². The number of para-hydroxylation sites is 1. The largest absolute Gasteiger partial charge is 0.335 e. The highest BCUT2D eigenvalue weighted by atomic mass is 79.9. The summed E-state index contributed by atoms with van der Waals surface area (Å²) in [5.74, 6) is -0.0604. The number of halogens is 1. The minimum Gasteiger partial charge on any atom is -0.335 e. The van der Waals surface area contributed by atoms with Crippen molar-refractivity contribution in [2.75, 3.05) is 6.54 Å². The van der Waals surface area contributed by atoms with Gasteiger partial charge in [0.25, 0.3) is 5.69 Å². The molecular weight excluding hydrogens is 372 g/mol. The van der Waals surface area contributed by atoms with E-state index in [1.54, 1.807) is 18.2 Å². The van der Waals surface area contributed by atoms with Crippen LogP contribution >= 0.6 is 15.9 Å². The van der Waals surface area contributed by atoms with Crippen LogP contribution in [0.2, 0.25) is 0 Å². The second-order valence-corrected chi connectivity index (χ2v) is 6.77. The van der Waals surface area contributed by atoms with Gasteiger partial charge in [-0.2, -0.15) is 0 Å². The molecule has 1 saturated heterocycles. The molecule has 1 aliphatic rings. The predicted molar refractivity (Wildman–Crippen MR) is 94.6 cm³/mol. The Morgan fingerprint density at radius 1 is 1.21 bits per heavy atom. The van der Waals surface area contributed by atoms with E-state index in [-0.39, 0.29) is 24.1 Å². The number of likely N-dealkylation sites (tertiary alicyclic amines) is 1. The van der Waals surface area contributed by atoms with Crippen molar-refractivity contribution in [3.8, 4) is 0 Å². The summed E-state index contributed by atoms with van der Waals surface area (Å²) in [5, 5.41) is 11.1. The molecule has 0 aromatic heterocycles. The zero-order valence-electron chi connectivity index (χ0n) is 13.0. The molecule has 0 bridgehead atoms. The van der Waals surface area contributed by atoms with Gasteiger partial charge in [0.1, 0.15) is 0 Å². The molecule has 0 N–H and O–H groups in total. The van der Waals surface area contributed by atoms with Gasteiger partial charge in [-0.15, -0.1) is 0 Å². The first-order chi connectivity index (χ1) is 11.6. The Labute approximate surface area is 148 Å². The molecule has 0 radical (unpaired) electrons. The fraction of sp³-hybridized carbons (Fsp3) is 0.278. The van der Waals surface area contributed by atoms with Crippen LogP contribution in [0.15, 0.2) is 53.0 Å². The second kappa shape index (κ2) is 7.13. The quantitative estimate of drug-likeness (QED) is 0.580. The molecule has 3 rings (SSSR count). The molecule has 2 aromatic rings. The Kier molecular flexibility index (Phi) is 4.94. The molecular formula is C18H17BrN2O3. The van der Waals surface area contributed by atoms with Gasteiger partial charge in [-0.25, -0.2) is 0 Å². The molecule has 5 nitrogen and oxygen atoms in total. The molecule has 1 heterocycles. The third-order valence-corrected chi connectivity index (χ3v) is 4.89. The van der Waals surface area contributed by atoms with Crippen LogP contribution in [-0.4, -0.2) is 22.3 Å². The highest BCUT2D eigenvalue weighted by Gasteiger charge is 2.30. The van der Waals surface area contributed by atoms with Crippen molar-refractivity contribution in [3.63, 3.8) is 0 Å². The molecule has 1 amide bonds. The lowest BCUT2D eigenvalue weighted by atomic mass is 10.0. The van der Waals surface area contributed by atoms with Crippen LogP contribution < -0.4 is 0 Å². The number of nitro groups is 1. The minimum atomic E-state index is -0.432. The Hall–Kier alpha value is -2.21. The third-order valence-electron chi connectivity index (χ3n) is 4.36. The van der Waals surface area contributed by atoms with Crippen molar-refractivity contribution < 1.29 is 9.72 Å².